The smallest absolute Gasteiger partial charge is 0.240 e. The summed E-state index contributed by atoms with van der Waals surface area (Å²) < 4.78 is 1.78. The molecule has 1 aliphatic carbocycles. The summed E-state index contributed by atoms with van der Waals surface area (Å²) in [7, 11) is 0. The molecule has 1 fully saturated rings. The van der Waals surface area contributed by atoms with Crippen LogP contribution in [0.2, 0.25) is 0 Å². The molecule has 0 aliphatic heterocycles. The SMILES string of the molecule is CC1(C)CC(n2nnnc2N)CC(C)(C)C1. The van der Waals surface area contributed by atoms with Gasteiger partial charge in [-0.25, -0.2) is 4.68 Å². The van der Waals surface area contributed by atoms with Gasteiger partial charge >= 0.3 is 0 Å². The molecular weight excluding hydrogens is 202 g/mol. The highest BCUT2D eigenvalue weighted by Gasteiger charge is 2.40. The minimum atomic E-state index is 0.324. The fourth-order valence-electron chi connectivity index (χ4n) is 3.42. The first-order chi connectivity index (χ1) is 7.29. The topological polar surface area (TPSA) is 69.6 Å². The van der Waals surface area contributed by atoms with Crippen LogP contribution in [-0.4, -0.2) is 20.2 Å². The maximum absolute atomic E-state index is 5.78. The summed E-state index contributed by atoms with van der Waals surface area (Å²) in [6.45, 7) is 9.23. The van der Waals surface area contributed by atoms with Crippen LogP contribution in [0.5, 0.6) is 0 Å². The lowest BCUT2D eigenvalue weighted by Crippen LogP contribution is -2.35. The van der Waals surface area contributed by atoms with Crippen molar-refractivity contribution in [1.29, 1.82) is 0 Å². The van der Waals surface area contributed by atoms with Crippen LogP contribution in [0.1, 0.15) is 53.0 Å². The molecular formula is C11H21N5. The summed E-state index contributed by atoms with van der Waals surface area (Å²) in [5, 5.41) is 11.4. The van der Waals surface area contributed by atoms with E-state index in [2.05, 4.69) is 43.2 Å². The molecule has 0 saturated heterocycles. The summed E-state index contributed by atoms with van der Waals surface area (Å²) in [6, 6.07) is 0.328. The van der Waals surface area contributed by atoms with E-state index in [0.717, 1.165) is 12.8 Å². The Balaban J connectivity index is 2.26. The van der Waals surface area contributed by atoms with Crippen molar-refractivity contribution < 1.29 is 0 Å². The zero-order valence-electron chi connectivity index (χ0n) is 10.6. The van der Waals surface area contributed by atoms with E-state index < -0.39 is 0 Å². The Morgan fingerprint density at radius 1 is 1.19 bits per heavy atom. The normalized spacial score (nSPS) is 24.5. The molecule has 16 heavy (non-hydrogen) atoms. The predicted molar refractivity (Wildman–Crippen MR) is 62.7 cm³/mol. The Kier molecular flexibility index (Phi) is 2.44. The lowest BCUT2D eigenvalue weighted by molar-refractivity contribution is 0.0674. The van der Waals surface area contributed by atoms with Crippen molar-refractivity contribution in [1.82, 2.24) is 20.2 Å². The molecule has 0 aromatic carbocycles. The summed E-state index contributed by atoms with van der Waals surface area (Å²) in [5.74, 6) is 0.429. The second-order valence-corrected chi connectivity index (χ2v) is 6.55. The van der Waals surface area contributed by atoms with Crippen molar-refractivity contribution in [2.45, 2.75) is 53.0 Å². The van der Waals surface area contributed by atoms with Gasteiger partial charge in [0.1, 0.15) is 0 Å². The lowest BCUT2D eigenvalue weighted by Gasteiger charge is -2.44. The van der Waals surface area contributed by atoms with E-state index in [4.69, 9.17) is 5.73 Å². The van der Waals surface area contributed by atoms with Crippen LogP contribution in [-0.2, 0) is 0 Å². The lowest BCUT2D eigenvalue weighted by atomic mass is 9.63. The maximum atomic E-state index is 5.78. The molecule has 0 amide bonds. The molecule has 90 valence electrons. The minimum absolute atomic E-state index is 0.324. The fourth-order valence-corrected chi connectivity index (χ4v) is 3.42. The number of nitrogen functional groups attached to an aromatic ring is 1. The Morgan fingerprint density at radius 3 is 2.19 bits per heavy atom. The zero-order valence-corrected chi connectivity index (χ0v) is 10.6. The molecule has 1 aromatic rings. The third kappa shape index (κ3) is 2.18. The number of nitrogens with zero attached hydrogens (tertiary/aromatic N) is 4. The number of anilines is 1. The molecule has 0 spiro atoms. The van der Waals surface area contributed by atoms with Gasteiger partial charge in [0.25, 0.3) is 0 Å². The average Bonchev–Trinajstić information content (AvgIpc) is 2.45. The van der Waals surface area contributed by atoms with E-state index >= 15 is 0 Å². The minimum Gasteiger partial charge on any atom is -0.367 e. The zero-order chi connectivity index (χ0) is 12.0. The van der Waals surface area contributed by atoms with E-state index in [9.17, 15) is 0 Å². The summed E-state index contributed by atoms with van der Waals surface area (Å²) in [5.41, 5.74) is 6.42. The molecule has 1 aromatic heterocycles. The van der Waals surface area contributed by atoms with Gasteiger partial charge in [0.05, 0.1) is 6.04 Å². The Hall–Kier alpha value is -1.13. The first-order valence-electron chi connectivity index (χ1n) is 5.82. The van der Waals surface area contributed by atoms with E-state index in [1.807, 2.05) is 0 Å². The van der Waals surface area contributed by atoms with Gasteiger partial charge in [-0.05, 0) is 40.5 Å². The molecule has 0 bridgehead atoms. The van der Waals surface area contributed by atoms with Crippen LogP contribution in [0.4, 0.5) is 5.95 Å². The summed E-state index contributed by atoms with van der Waals surface area (Å²) >= 11 is 0. The molecule has 2 rings (SSSR count). The second-order valence-electron chi connectivity index (χ2n) is 6.55. The van der Waals surface area contributed by atoms with E-state index in [-0.39, 0.29) is 0 Å². The second kappa shape index (κ2) is 3.43. The van der Waals surface area contributed by atoms with Gasteiger partial charge < -0.3 is 5.73 Å². The summed E-state index contributed by atoms with van der Waals surface area (Å²) in [6.07, 6.45) is 3.41. The van der Waals surface area contributed by atoms with Gasteiger partial charge in [-0.3, -0.25) is 0 Å². The Bertz CT molecular complexity index is 363. The quantitative estimate of drug-likeness (QED) is 0.791. The van der Waals surface area contributed by atoms with Gasteiger partial charge in [-0.2, -0.15) is 0 Å². The van der Waals surface area contributed by atoms with Crippen molar-refractivity contribution in [3.05, 3.63) is 0 Å². The number of nitrogens with two attached hydrogens (primary N) is 1. The van der Waals surface area contributed by atoms with Crippen LogP contribution >= 0.6 is 0 Å². The predicted octanol–water partition coefficient (Wildman–Crippen LogP) is 2.03. The summed E-state index contributed by atoms with van der Waals surface area (Å²) in [4.78, 5) is 0. The van der Waals surface area contributed by atoms with E-state index in [0.29, 0.717) is 22.8 Å². The standard InChI is InChI=1S/C11H21N5/c1-10(2)5-8(6-11(3,4)7-10)16-9(12)13-14-15-16/h8H,5-7H2,1-4H3,(H2,12,13,15). The largest absolute Gasteiger partial charge is 0.367 e. The molecule has 0 atom stereocenters. The van der Waals surface area contributed by atoms with E-state index in [1.165, 1.54) is 6.42 Å². The maximum Gasteiger partial charge on any atom is 0.240 e. The van der Waals surface area contributed by atoms with Gasteiger partial charge in [0, 0.05) is 0 Å². The number of hydrogen-bond acceptors (Lipinski definition) is 4. The van der Waals surface area contributed by atoms with Crippen LogP contribution in [0, 0.1) is 10.8 Å². The molecule has 0 unspecified atom stereocenters. The highest BCUT2D eigenvalue weighted by Crippen LogP contribution is 2.49. The first-order valence-corrected chi connectivity index (χ1v) is 5.82. The third-order valence-electron chi connectivity index (χ3n) is 3.40. The van der Waals surface area contributed by atoms with Crippen molar-refractivity contribution in [2.24, 2.45) is 10.8 Å². The van der Waals surface area contributed by atoms with Crippen molar-refractivity contribution >= 4 is 5.95 Å². The van der Waals surface area contributed by atoms with Crippen molar-refractivity contribution in [3.63, 3.8) is 0 Å². The van der Waals surface area contributed by atoms with Crippen LogP contribution in [0.3, 0.4) is 0 Å². The Labute approximate surface area is 96.4 Å². The van der Waals surface area contributed by atoms with Crippen LogP contribution < -0.4 is 5.73 Å². The third-order valence-corrected chi connectivity index (χ3v) is 3.40. The van der Waals surface area contributed by atoms with Crippen molar-refractivity contribution in [2.75, 3.05) is 5.73 Å². The monoisotopic (exact) mass is 223 g/mol. The molecule has 1 heterocycles. The van der Waals surface area contributed by atoms with Gasteiger partial charge in [0.2, 0.25) is 5.95 Å². The van der Waals surface area contributed by atoms with Gasteiger partial charge in [-0.15, -0.1) is 0 Å². The molecule has 2 N–H and O–H groups in total. The molecule has 5 nitrogen and oxygen atoms in total. The number of rotatable bonds is 1. The van der Waals surface area contributed by atoms with Gasteiger partial charge in [-0.1, -0.05) is 32.8 Å². The molecule has 5 heteroatoms. The van der Waals surface area contributed by atoms with E-state index in [1.54, 1.807) is 4.68 Å². The fraction of sp³-hybridized carbons (Fsp3) is 0.909. The Morgan fingerprint density at radius 2 is 1.75 bits per heavy atom. The van der Waals surface area contributed by atoms with Crippen LogP contribution in [0.15, 0.2) is 0 Å². The molecule has 1 saturated carbocycles. The first kappa shape index (κ1) is 11.4. The molecule has 0 radical (unpaired) electrons. The number of hydrogen-bond donors (Lipinski definition) is 1. The highest BCUT2D eigenvalue weighted by atomic mass is 15.6. The highest BCUT2D eigenvalue weighted by molar-refractivity contribution is 5.12. The number of tetrazole rings is 1. The van der Waals surface area contributed by atoms with Crippen molar-refractivity contribution in [3.8, 4) is 0 Å². The average molecular weight is 223 g/mol. The van der Waals surface area contributed by atoms with Crippen LogP contribution in [0.25, 0.3) is 0 Å². The number of aromatic nitrogens is 4. The molecule has 1 aliphatic rings. The van der Waals surface area contributed by atoms with Gasteiger partial charge in [0.15, 0.2) is 0 Å².